The van der Waals surface area contributed by atoms with Crippen molar-refractivity contribution in [3.63, 3.8) is 0 Å². The zero-order chi connectivity index (χ0) is 22.1. The van der Waals surface area contributed by atoms with Gasteiger partial charge in [-0.3, -0.25) is 4.79 Å². The molecular weight excluding hydrogens is 392 g/mol. The van der Waals surface area contributed by atoms with E-state index in [1.807, 2.05) is 17.9 Å². The molecule has 2 heterocycles. The number of fused-ring (bicyclic) bond motifs is 1. The molecule has 1 amide bonds. The number of aryl methyl sites for hydroxylation is 2. The first kappa shape index (κ1) is 21.0. The largest absolute Gasteiger partial charge is 0.484 e. The van der Waals surface area contributed by atoms with Crippen molar-refractivity contribution in [1.82, 2.24) is 4.90 Å². The van der Waals surface area contributed by atoms with Gasteiger partial charge in [0.05, 0.1) is 0 Å². The average molecular weight is 421 g/mol. The topological polar surface area (TPSA) is 63.0 Å². The minimum Gasteiger partial charge on any atom is -0.484 e. The van der Waals surface area contributed by atoms with E-state index >= 15 is 0 Å². The third-order valence-corrected chi connectivity index (χ3v) is 6.34. The van der Waals surface area contributed by atoms with Crippen LogP contribution >= 0.6 is 0 Å². The summed E-state index contributed by atoms with van der Waals surface area (Å²) in [6.07, 6.45) is 0. The van der Waals surface area contributed by atoms with Gasteiger partial charge < -0.3 is 19.0 Å². The van der Waals surface area contributed by atoms with Gasteiger partial charge >= 0.3 is 5.63 Å². The van der Waals surface area contributed by atoms with Gasteiger partial charge in [-0.2, -0.15) is 0 Å². The molecule has 0 atom stereocenters. The second-order valence-electron chi connectivity index (χ2n) is 8.17. The van der Waals surface area contributed by atoms with Crippen LogP contribution in [0.15, 0.2) is 45.6 Å². The Kier molecular flexibility index (Phi) is 5.72. The molecule has 4 rings (SSSR count). The van der Waals surface area contributed by atoms with Crippen molar-refractivity contribution in [1.29, 1.82) is 0 Å². The van der Waals surface area contributed by atoms with Gasteiger partial charge in [0.2, 0.25) is 0 Å². The van der Waals surface area contributed by atoms with Crippen LogP contribution in [0.5, 0.6) is 5.75 Å². The molecular formula is C25H28N2O4. The molecule has 3 aromatic rings. The molecule has 0 radical (unpaired) electrons. The number of hydrogen-bond donors (Lipinski definition) is 0. The normalized spacial score (nSPS) is 14.2. The predicted molar refractivity (Wildman–Crippen MR) is 122 cm³/mol. The molecule has 0 N–H and O–H groups in total. The second kappa shape index (κ2) is 8.46. The fourth-order valence-electron chi connectivity index (χ4n) is 4.03. The fraction of sp³-hybridized carbons (Fsp3) is 0.360. The lowest BCUT2D eigenvalue weighted by Gasteiger charge is -2.37. The standard InChI is InChI=1S/C25H28N2O4/c1-16-6-5-7-22(17(16)2)26-10-12-27(13-11-26)24(28)15-30-20-8-9-21-18(3)19(4)25(29)31-23(21)14-20/h5-9,14H,10-13,15H2,1-4H3. The highest BCUT2D eigenvalue weighted by atomic mass is 16.5. The van der Waals surface area contributed by atoms with Gasteiger partial charge in [-0.05, 0) is 62.6 Å². The van der Waals surface area contributed by atoms with E-state index in [1.165, 1.54) is 16.8 Å². The van der Waals surface area contributed by atoms with Gasteiger partial charge in [0.15, 0.2) is 6.61 Å². The molecule has 0 unspecified atom stereocenters. The molecule has 1 saturated heterocycles. The van der Waals surface area contributed by atoms with Crippen molar-refractivity contribution in [3.05, 3.63) is 69.1 Å². The van der Waals surface area contributed by atoms with Gasteiger partial charge in [0.25, 0.3) is 5.91 Å². The van der Waals surface area contributed by atoms with Crippen molar-refractivity contribution in [2.24, 2.45) is 0 Å². The number of piperazine rings is 1. The number of ether oxygens (including phenoxy) is 1. The van der Waals surface area contributed by atoms with E-state index in [-0.39, 0.29) is 18.1 Å². The summed E-state index contributed by atoms with van der Waals surface area (Å²) in [5.41, 5.74) is 5.44. The molecule has 0 spiro atoms. The molecule has 0 saturated carbocycles. The van der Waals surface area contributed by atoms with E-state index in [0.717, 1.165) is 24.0 Å². The lowest BCUT2D eigenvalue weighted by Crippen LogP contribution is -2.50. The summed E-state index contributed by atoms with van der Waals surface area (Å²) in [5.74, 6) is 0.475. The van der Waals surface area contributed by atoms with Crippen LogP contribution in [-0.4, -0.2) is 43.6 Å². The molecule has 1 aliphatic heterocycles. The predicted octanol–water partition coefficient (Wildman–Crippen LogP) is 3.75. The summed E-state index contributed by atoms with van der Waals surface area (Å²) in [4.78, 5) is 28.8. The molecule has 162 valence electrons. The maximum absolute atomic E-state index is 12.7. The SMILES string of the molecule is Cc1cccc(N2CCN(C(=O)COc3ccc4c(C)c(C)c(=O)oc4c3)CC2)c1C. The van der Waals surface area contributed by atoms with Crippen LogP contribution in [0.1, 0.15) is 22.3 Å². The minimum atomic E-state index is -0.347. The average Bonchev–Trinajstić information content (AvgIpc) is 2.78. The van der Waals surface area contributed by atoms with Crippen molar-refractivity contribution in [3.8, 4) is 5.75 Å². The van der Waals surface area contributed by atoms with E-state index in [0.29, 0.717) is 30.0 Å². The Morgan fingerprint density at radius 3 is 2.45 bits per heavy atom. The summed E-state index contributed by atoms with van der Waals surface area (Å²) in [5, 5.41) is 0.873. The number of carbonyl (C=O) groups is 1. The van der Waals surface area contributed by atoms with Crippen LogP contribution in [0, 0.1) is 27.7 Å². The Balaban J connectivity index is 1.37. The number of carbonyl (C=O) groups excluding carboxylic acids is 1. The quantitative estimate of drug-likeness (QED) is 0.602. The molecule has 2 aromatic carbocycles. The van der Waals surface area contributed by atoms with E-state index in [9.17, 15) is 9.59 Å². The number of benzene rings is 2. The van der Waals surface area contributed by atoms with Gasteiger partial charge in [0, 0.05) is 48.9 Å². The van der Waals surface area contributed by atoms with Crippen molar-refractivity contribution in [2.45, 2.75) is 27.7 Å². The summed E-state index contributed by atoms with van der Waals surface area (Å²) in [6, 6.07) is 11.7. The third kappa shape index (κ3) is 4.15. The van der Waals surface area contributed by atoms with Gasteiger partial charge in [-0.25, -0.2) is 4.79 Å². The Morgan fingerprint density at radius 1 is 0.968 bits per heavy atom. The lowest BCUT2D eigenvalue weighted by atomic mass is 10.1. The highest BCUT2D eigenvalue weighted by Gasteiger charge is 2.22. The third-order valence-electron chi connectivity index (χ3n) is 6.34. The number of nitrogens with zero attached hydrogens (tertiary/aromatic N) is 2. The van der Waals surface area contributed by atoms with Crippen LogP contribution in [0.25, 0.3) is 11.0 Å². The van der Waals surface area contributed by atoms with Gasteiger partial charge in [-0.15, -0.1) is 0 Å². The number of hydrogen-bond acceptors (Lipinski definition) is 5. The van der Waals surface area contributed by atoms with E-state index in [4.69, 9.17) is 9.15 Å². The highest BCUT2D eigenvalue weighted by molar-refractivity contribution is 5.82. The van der Waals surface area contributed by atoms with Crippen molar-refractivity contribution < 1.29 is 13.9 Å². The van der Waals surface area contributed by atoms with Gasteiger partial charge in [-0.1, -0.05) is 12.1 Å². The Labute approximate surface area is 182 Å². The first-order chi connectivity index (χ1) is 14.8. The van der Waals surface area contributed by atoms with E-state index < -0.39 is 0 Å². The first-order valence-corrected chi connectivity index (χ1v) is 10.6. The molecule has 6 nitrogen and oxygen atoms in total. The van der Waals surface area contributed by atoms with E-state index in [1.54, 1.807) is 19.1 Å². The van der Waals surface area contributed by atoms with Crippen LogP contribution < -0.4 is 15.3 Å². The molecule has 0 bridgehead atoms. The molecule has 1 aliphatic rings. The van der Waals surface area contributed by atoms with Crippen molar-refractivity contribution >= 4 is 22.6 Å². The zero-order valence-electron chi connectivity index (χ0n) is 18.5. The monoisotopic (exact) mass is 420 g/mol. The van der Waals surface area contributed by atoms with Crippen LogP contribution in [0.2, 0.25) is 0 Å². The van der Waals surface area contributed by atoms with Gasteiger partial charge in [0.1, 0.15) is 11.3 Å². The number of amides is 1. The maximum atomic E-state index is 12.7. The van der Waals surface area contributed by atoms with Crippen LogP contribution in [-0.2, 0) is 4.79 Å². The van der Waals surface area contributed by atoms with Crippen molar-refractivity contribution in [2.75, 3.05) is 37.7 Å². The molecule has 31 heavy (non-hydrogen) atoms. The summed E-state index contributed by atoms with van der Waals surface area (Å²) in [6.45, 7) is 10.8. The first-order valence-electron chi connectivity index (χ1n) is 10.6. The Morgan fingerprint density at radius 2 is 1.71 bits per heavy atom. The molecule has 6 heteroatoms. The molecule has 0 aliphatic carbocycles. The molecule has 1 aromatic heterocycles. The van der Waals surface area contributed by atoms with E-state index in [2.05, 4.69) is 36.9 Å². The second-order valence-corrected chi connectivity index (χ2v) is 8.17. The lowest BCUT2D eigenvalue weighted by molar-refractivity contribution is -0.133. The van der Waals surface area contributed by atoms with Crippen LogP contribution in [0.4, 0.5) is 5.69 Å². The number of anilines is 1. The minimum absolute atomic E-state index is 0.0376. The highest BCUT2D eigenvalue weighted by Crippen LogP contribution is 2.25. The summed E-state index contributed by atoms with van der Waals surface area (Å²) >= 11 is 0. The maximum Gasteiger partial charge on any atom is 0.339 e. The smallest absolute Gasteiger partial charge is 0.339 e. The summed E-state index contributed by atoms with van der Waals surface area (Å²) in [7, 11) is 0. The zero-order valence-corrected chi connectivity index (χ0v) is 18.5. The Bertz CT molecular complexity index is 1190. The fourth-order valence-corrected chi connectivity index (χ4v) is 4.03. The Hall–Kier alpha value is -3.28. The molecule has 1 fully saturated rings. The van der Waals surface area contributed by atoms with Crippen LogP contribution in [0.3, 0.4) is 0 Å². The number of rotatable bonds is 4. The summed E-state index contributed by atoms with van der Waals surface area (Å²) < 4.78 is 11.1.